The number of benzene rings is 1. The Hall–Kier alpha value is -2.65. The van der Waals surface area contributed by atoms with Crippen LogP contribution in [0.25, 0.3) is 11.2 Å². The van der Waals surface area contributed by atoms with E-state index in [9.17, 15) is 5.11 Å². The third kappa shape index (κ3) is 4.04. The summed E-state index contributed by atoms with van der Waals surface area (Å²) in [5, 5.41) is 24.7. The van der Waals surface area contributed by atoms with E-state index < -0.39 is 0 Å². The van der Waals surface area contributed by atoms with E-state index >= 15 is 0 Å². The van der Waals surface area contributed by atoms with Crippen LogP contribution >= 0.6 is 11.6 Å². The van der Waals surface area contributed by atoms with Crippen molar-refractivity contribution in [1.29, 1.82) is 0 Å². The quantitative estimate of drug-likeness (QED) is 0.453. The summed E-state index contributed by atoms with van der Waals surface area (Å²) in [7, 11) is 0. The molecule has 2 aromatic heterocycles. The summed E-state index contributed by atoms with van der Waals surface area (Å²) in [5.41, 5.74) is 8.12. The van der Waals surface area contributed by atoms with Crippen molar-refractivity contribution in [2.24, 2.45) is 5.92 Å². The molecule has 0 unspecified atom stereocenters. The number of nitrogens with zero attached hydrogens (tertiary/aromatic N) is 5. The summed E-state index contributed by atoms with van der Waals surface area (Å²) in [6.07, 6.45) is 0. The predicted molar refractivity (Wildman–Crippen MR) is 107 cm³/mol. The van der Waals surface area contributed by atoms with E-state index in [4.69, 9.17) is 17.3 Å². The van der Waals surface area contributed by atoms with Gasteiger partial charge in [-0.15, -0.1) is 5.10 Å². The Bertz CT molecular complexity index is 942. The van der Waals surface area contributed by atoms with Gasteiger partial charge < -0.3 is 21.5 Å². The molecule has 0 amide bonds. The predicted octanol–water partition coefficient (Wildman–Crippen LogP) is 2.65. The number of fused-ring (bicyclic) bond motifs is 1. The Balaban J connectivity index is 2.04. The summed E-state index contributed by atoms with van der Waals surface area (Å²) < 4.78 is 1.69. The van der Waals surface area contributed by atoms with Gasteiger partial charge in [-0.1, -0.05) is 30.7 Å². The first kappa shape index (κ1) is 19.1. The van der Waals surface area contributed by atoms with Gasteiger partial charge in [0.2, 0.25) is 5.95 Å². The first-order valence-corrected chi connectivity index (χ1v) is 9.11. The highest BCUT2D eigenvalue weighted by Crippen LogP contribution is 2.28. The van der Waals surface area contributed by atoms with Crippen LogP contribution in [0.1, 0.15) is 20.8 Å². The number of anilines is 4. The molecule has 1 aromatic carbocycles. The van der Waals surface area contributed by atoms with Crippen LogP contribution in [0.4, 0.5) is 23.1 Å². The largest absolute Gasteiger partial charge is 0.398 e. The number of nitrogens with one attached hydrogen (secondary N) is 2. The van der Waals surface area contributed by atoms with E-state index in [1.807, 2.05) is 20.8 Å². The van der Waals surface area contributed by atoms with Crippen LogP contribution in [0.3, 0.4) is 0 Å². The average molecular weight is 391 g/mol. The molecule has 3 aromatic rings. The fourth-order valence-corrected chi connectivity index (χ4v) is 2.73. The van der Waals surface area contributed by atoms with Gasteiger partial charge in [-0.25, -0.2) is 4.68 Å². The molecule has 5 N–H and O–H groups in total. The van der Waals surface area contributed by atoms with Gasteiger partial charge in [-0.2, -0.15) is 9.97 Å². The van der Waals surface area contributed by atoms with Crippen molar-refractivity contribution in [3.8, 4) is 0 Å². The van der Waals surface area contributed by atoms with E-state index in [1.54, 1.807) is 22.9 Å². The van der Waals surface area contributed by atoms with Crippen molar-refractivity contribution in [3.63, 3.8) is 0 Å². The van der Waals surface area contributed by atoms with Crippen LogP contribution in [-0.4, -0.2) is 42.7 Å². The van der Waals surface area contributed by atoms with E-state index in [1.165, 1.54) is 0 Å². The first-order valence-electron chi connectivity index (χ1n) is 8.73. The maximum absolute atomic E-state index is 9.60. The molecule has 0 saturated carbocycles. The van der Waals surface area contributed by atoms with E-state index in [-0.39, 0.29) is 18.6 Å². The summed E-state index contributed by atoms with van der Waals surface area (Å²) in [6, 6.07) is 5.06. The molecule has 9 nitrogen and oxygen atoms in total. The molecular formula is C17H23ClN8O. The Morgan fingerprint density at radius 1 is 1.30 bits per heavy atom. The smallest absolute Gasteiger partial charge is 0.227 e. The number of nitrogen functional groups attached to an aromatic ring is 1. The molecule has 0 saturated heterocycles. The highest BCUT2D eigenvalue weighted by atomic mass is 35.5. The monoisotopic (exact) mass is 390 g/mol. The van der Waals surface area contributed by atoms with Gasteiger partial charge in [-0.3, -0.25) is 0 Å². The summed E-state index contributed by atoms with van der Waals surface area (Å²) in [4.78, 5) is 9.06. The van der Waals surface area contributed by atoms with Crippen molar-refractivity contribution >= 4 is 45.9 Å². The Kier molecular flexibility index (Phi) is 5.62. The molecule has 2 heterocycles. The van der Waals surface area contributed by atoms with Gasteiger partial charge in [-0.05, 0) is 31.0 Å². The Morgan fingerprint density at radius 3 is 2.70 bits per heavy atom. The molecule has 0 spiro atoms. The Morgan fingerprint density at radius 2 is 2.07 bits per heavy atom. The Labute approximate surface area is 161 Å². The lowest BCUT2D eigenvalue weighted by Gasteiger charge is -2.20. The zero-order valence-corrected chi connectivity index (χ0v) is 16.2. The third-order valence-corrected chi connectivity index (χ3v) is 4.57. The number of aromatic nitrogens is 5. The standard InChI is InChI=1S/C17H23ClN8O/c1-4-26-16-14(24-25-26)15(20-10-5-6-12(19)11(18)7-10)22-17(23-16)21-13(8-27)9(2)3/h5-7,9,13,27H,4,8,19H2,1-3H3,(H2,20,21,22,23)/t13-/m0/s1. The fraction of sp³-hybridized carbons (Fsp3) is 0.412. The SMILES string of the molecule is CCn1nnc2c(Nc3ccc(N)c(Cl)c3)nc(N[C@@H](CO)C(C)C)nc21. The maximum Gasteiger partial charge on any atom is 0.227 e. The number of rotatable bonds is 7. The number of hydrogen-bond acceptors (Lipinski definition) is 8. The molecule has 0 radical (unpaired) electrons. The van der Waals surface area contributed by atoms with Crippen molar-refractivity contribution in [2.75, 3.05) is 23.0 Å². The van der Waals surface area contributed by atoms with Gasteiger partial charge in [0.25, 0.3) is 0 Å². The molecule has 1 atom stereocenters. The van der Waals surface area contributed by atoms with Gasteiger partial charge in [0.1, 0.15) is 0 Å². The normalized spacial score (nSPS) is 12.5. The molecule has 10 heteroatoms. The molecule has 0 bridgehead atoms. The van der Waals surface area contributed by atoms with Crippen LogP contribution in [0.2, 0.25) is 5.02 Å². The fourth-order valence-electron chi connectivity index (χ4n) is 2.55. The minimum absolute atomic E-state index is 0.0271. The summed E-state index contributed by atoms with van der Waals surface area (Å²) in [6.45, 7) is 6.58. The molecule has 0 aliphatic carbocycles. The zero-order chi connectivity index (χ0) is 19.6. The van der Waals surface area contributed by atoms with Gasteiger partial charge in [0.05, 0.1) is 23.4 Å². The second kappa shape index (κ2) is 7.93. The lowest BCUT2D eigenvalue weighted by molar-refractivity contribution is 0.248. The molecule has 3 rings (SSSR count). The van der Waals surface area contributed by atoms with Crippen LogP contribution in [0.5, 0.6) is 0 Å². The van der Waals surface area contributed by atoms with Crippen molar-refractivity contribution in [3.05, 3.63) is 23.2 Å². The van der Waals surface area contributed by atoms with E-state index in [0.717, 1.165) is 0 Å². The van der Waals surface area contributed by atoms with Crippen molar-refractivity contribution in [1.82, 2.24) is 25.0 Å². The summed E-state index contributed by atoms with van der Waals surface area (Å²) in [5.74, 6) is 1.08. The van der Waals surface area contributed by atoms with Gasteiger partial charge in [0, 0.05) is 12.2 Å². The number of nitrogens with two attached hydrogens (primary N) is 1. The van der Waals surface area contributed by atoms with E-state index in [0.29, 0.717) is 45.9 Å². The van der Waals surface area contributed by atoms with Crippen LogP contribution < -0.4 is 16.4 Å². The molecular weight excluding hydrogens is 368 g/mol. The van der Waals surface area contributed by atoms with Crippen molar-refractivity contribution < 1.29 is 5.11 Å². The number of halogens is 1. The zero-order valence-electron chi connectivity index (χ0n) is 15.4. The molecule has 0 aliphatic rings. The minimum Gasteiger partial charge on any atom is -0.398 e. The molecule has 144 valence electrons. The van der Waals surface area contributed by atoms with Crippen molar-refractivity contribution in [2.45, 2.75) is 33.4 Å². The average Bonchev–Trinajstić information content (AvgIpc) is 3.05. The summed E-state index contributed by atoms with van der Waals surface area (Å²) >= 11 is 6.11. The van der Waals surface area contributed by atoms with Crippen LogP contribution in [-0.2, 0) is 6.54 Å². The number of aryl methyl sites for hydroxylation is 1. The first-order chi connectivity index (χ1) is 12.9. The highest BCUT2D eigenvalue weighted by molar-refractivity contribution is 6.33. The van der Waals surface area contributed by atoms with Gasteiger partial charge >= 0.3 is 0 Å². The van der Waals surface area contributed by atoms with Crippen LogP contribution in [0, 0.1) is 5.92 Å². The number of aliphatic hydroxyl groups is 1. The number of hydrogen-bond donors (Lipinski definition) is 4. The molecule has 27 heavy (non-hydrogen) atoms. The topological polar surface area (TPSA) is 127 Å². The maximum atomic E-state index is 9.60. The molecule has 0 aliphatic heterocycles. The second-order valence-electron chi connectivity index (χ2n) is 6.51. The number of aliphatic hydroxyl groups excluding tert-OH is 1. The molecule has 0 fully saturated rings. The lowest BCUT2D eigenvalue weighted by Crippen LogP contribution is -2.30. The minimum atomic E-state index is -0.174. The van der Waals surface area contributed by atoms with Crippen LogP contribution in [0.15, 0.2) is 18.2 Å². The highest BCUT2D eigenvalue weighted by Gasteiger charge is 2.18. The third-order valence-electron chi connectivity index (χ3n) is 4.24. The van der Waals surface area contributed by atoms with Gasteiger partial charge in [0.15, 0.2) is 17.0 Å². The van der Waals surface area contributed by atoms with E-state index in [2.05, 4.69) is 30.9 Å². The lowest BCUT2D eigenvalue weighted by atomic mass is 10.1. The second-order valence-corrected chi connectivity index (χ2v) is 6.92.